The first-order valence-electron chi connectivity index (χ1n) is 12.1. The van der Waals surface area contributed by atoms with Crippen LogP contribution >= 0.6 is 23.4 Å². The van der Waals surface area contributed by atoms with Gasteiger partial charge in [-0.05, 0) is 55.0 Å². The second kappa shape index (κ2) is 9.68. The first kappa shape index (κ1) is 23.8. The van der Waals surface area contributed by atoms with E-state index in [-0.39, 0.29) is 17.7 Å². The SMILES string of the molecule is CCCN1C(=O)c2ccccc2Sc2cc(-c3noc([C@H]4CC(=O)N(c5cccc(Cl)c5)C4)n3)ccc21. The molecule has 2 amide bonds. The van der Waals surface area contributed by atoms with Crippen molar-refractivity contribution in [2.24, 2.45) is 0 Å². The molecule has 0 spiro atoms. The molecule has 6 rings (SSSR count). The van der Waals surface area contributed by atoms with Crippen LogP contribution in [0.25, 0.3) is 11.4 Å². The summed E-state index contributed by atoms with van der Waals surface area (Å²) in [7, 11) is 0. The van der Waals surface area contributed by atoms with Crippen LogP contribution in [0.2, 0.25) is 5.02 Å². The molecule has 37 heavy (non-hydrogen) atoms. The fraction of sp³-hybridized carbons (Fsp3) is 0.214. The summed E-state index contributed by atoms with van der Waals surface area (Å²) in [5, 5.41) is 4.81. The summed E-state index contributed by atoms with van der Waals surface area (Å²) in [6, 6.07) is 20.8. The lowest BCUT2D eigenvalue weighted by molar-refractivity contribution is -0.117. The zero-order valence-corrected chi connectivity index (χ0v) is 21.6. The Morgan fingerprint density at radius 1 is 1.05 bits per heavy atom. The normalized spacial score (nSPS) is 17.1. The van der Waals surface area contributed by atoms with Gasteiger partial charge in [-0.25, -0.2) is 0 Å². The number of fused-ring (bicyclic) bond motifs is 2. The Balaban J connectivity index is 1.29. The number of halogens is 1. The van der Waals surface area contributed by atoms with E-state index in [9.17, 15) is 9.59 Å². The molecule has 1 saturated heterocycles. The molecule has 9 heteroatoms. The number of nitrogens with zero attached hydrogens (tertiary/aromatic N) is 4. The molecule has 3 aromatic carbocycles. The highest BCUT2D eigenvalue weighted by molar-refractivity contribution is 7.99. The van der Waals surface area contributed by atoms with E-state index in [1.165, 1.54) is 0 Å². The van der Waals surface area contributed by atoms with Crippen molar-refractivity contribution in [2.45, 2.75) is 35.5 Å². The summed E-state index contributed by atoms with van der Waals surface area (Å²) in [6.07, 6.45) is 1.14. The zero-order chi connectivity index (χ0) is 25.5. The van der Waals surface area contributed by atoms with Crippen LogP contribution in [0.5, 0.6) is 0 Å². The molecule has 0 bridgehead atoms. The lowest BCUT2D eigenvalue weighted by Crippen LogP contribution is -2.31. The molecule has 1 atom stereocenters. The third-order valence-electron chi connectivity index (χ3n) is 6.57. The molecule has 0 N–H and O–H groups in total. The van der Waals surface area contributed by atoms with Gasteiger partial charge in [0.25, 0.3) is 5.91 Å². The maximum absolute atomic E-state index is 13.3. The first-order chi connectivity index (χ1) is 18.0. The second-order valence-corrected chi connectivity index (χ2v) is 10.6. The molecule has 4 aromatic rings. The van der Waals surface area contributed by atoms with Crippen LogP contribution in [0, 0.1) is 0 Å². The van der Waals surface area contributed by atoms with Crippen LogP contribution in [0.3, 0.4) is 0 Å². The third-order valence-corrected chi connectivity index (χ3v) is 7.93. The van der Waals surface area contributed by atoms with Crippen molar-refractivity contribution in [1.82, 2.24) is 10.1 Å². The van der Waals surface area contributed by atoms with Crippen LogP contribution < -0.4 is 9.80 Å². The first-order valence-corrected chi connectivity index (χ1v) is 13.3. The van der Waals surface area contributed by atoms with E-state index in [1.54, 1.807) is 28.8 Å². The molecule has 0 saturated carbocycles. The predicted molar refractivity (Wildman–Crippen MR) is 143 cm³/mol. The van der Waals surface area contributed by atoms with Crippen molar-refractivity contribution in [1.29, 1.82) is 0 Å². The van der Waals surface area contributed by atoms with E-state index in [0.717, 1.165) is 33.2 Å². The lowest BCUT2D eigenvalue weighted by atomic mass is 10.1. The molecule has 1 aromatic heterocycles. The van der Waals surface area contributed by atoms with Crippen molar-refractivity contribution in [3.63, 3.8) is 0 Å². The Morgan fingerprint density at radius 2 is 1.92 bits per heavy atom. The van der Waals surface area contributed by atoms with Crippen LogP contribution in [-0.2, 0) is 4.79 Å². The van der Waals surface area contributed by atoms with Crippen molar-refractivity contribution in [2.75, 3.05) is 22.9 Å². The Bertz CT molecular complexity index is 1520. The molecule has 3 heterocycles. The summed E-state index contributed by atoms with van der Waals surface area (Å²) < 4.78 is 5.62. The monoisotopic (exact) mass is 530 g/mol. The van der Waals surface area contributed by atoms with E-state index >= 15 is 0 Å². The Morgan fingerprint density at radius 3 is 2.76 bits per heavy atom. The fourth-order valence-corrected chi connectivity index (χ4v) is 6.10. The van der Waals surface area contributed by atoms with Gasteiger partial charge in [-0.2, -0.15) is 4.98 Å². The predicted octanol–water partition coefficient (Wildman–Crippen LogP) is 6.43. The molecule has 0 radical (unpaired) electrons. The van der Waals surface area contributed by atoms with Gasteiger partial charge in [0.05, 0.1) is 17.2 Å². The lowest BCUT2D eigenvalue weighted by Gasteiger charge is -2.22. The number of benzene rings is 3. The molecule has 7 nitrogen and oxygen atoms in total. The van der Waals surface area contributed by atoms with Crippen molar-refractivity contribution < 1.29 is 14.1 Å². The minimum atomic E-state index is -0.201. The third kappa shape index (κ3) is 4.40. The summed E-state index contributed by atoms with van der Waals surface area (Å²) in [6.45, 7) is 3.14. The summed E-state index contributed by atoms with van der Waals surface area (Å²) in [5.74, 6) is 0.690. The Hall–Kier alpha value is -3.62. The van der Waals surface area contributed by atoms with Gasteiger partial charge in [0.2, 0.25) is 17.6 Å². The number of hydrogen-bond donors (Lipinski definition) is 0. The van der Waals surface area contributed by atoms with Crippen LogP contribution in [-0.4, -0.2) is 35.0 Å². The number of carbonyl (C=O) groups excluding carboxylic acids is 2. The maximum atomic E-state index is 13.3. The number of aromatic nitrogens is 2. The Labute approximate surface area is 223 Å². The number of rotatable bonds is 5. The topological polar surface area (TPSA) is 79.5 Å². The van der Waals surface area contributed by atoms with E-state index in [2.05, 4.69) is 17.1 Å². The van der Waals surface area contributed by atoms with E-state index in [1.807, 2.05) is 59.5 Å². The quantitative estimate of drug-likeness (QED) is 0.296. The highest BCUT2D eigenvalue weighted by atomic mass is 35.5. The van der Waals surface area contributed by atoms with Gasteiger partial charge in [-0.3, -0.25) is 9.59 Å². The number of amides is 2. The zero-order valence-electron chi connectivity index (χ0n) is 20.1. The van der Waals surface area contributed by atoms with Crippen LogP contribution in [0.1, 0.15) is 41.9 Å². The van der Waals surface area contributed by atoms with Crippen LogP contribution in [0.4, 0.5) is 11.4 Å². The second-order valence-electron chi connectivity index (χ2n) is 9.08. The molecule has 0 aliphatic carbocycles. The number of anilines is 2. The smallest absolute Gasteiger partial charge is 0.259 e. The molecule has 2 aliphatic rings. The highest BCUT2D eigenvalue weighted by Gasteiger charge is 2.35. The average molecular weight is 531 g/mol. The van der Waals surface area contributed by atoms with E-state index < -0.39 is 0 Å². The largest absolute Gasteiger partial charge is 0.339 e. The van der Waals surface area contributed by atoms with E-state index in [4.69, 9.17) is 16.1 Å². The molecular formula is C28H23ClN4O3S. The van der Waals surface area contributed by atoms with E-state index in [0.29, 0.717) is 41.8 Å². The van der Waals surface area contributed by atoms with Crippen molar-refractivity contribution in [3.05, 3.63) is 83.2 Å². The highest BCUT2D eigenvalue weighted by Crippen LogP contribution is 2.43. The van der Waals surface area contributed by atoms with Gasteiger partial charge in [0.15, 0.2) is 0 Å². The maximum Gasteiger partial charge on any atom is 0.259 e. The van der Waals surface area contributed by atoms with Gasteiger partial charge in [0.1, 0.15) is 0 Å². The van der Waals surface area contributed by atoms with Gasteiger partial charge in [-0.1, -0.05) is 53.6 Å². The standard InChI is InChI=1S/C28H23ClN4O3S/c1-2-12-32-22-11-10-17(13-24(22)37-23-9-4-3-8-21(23)28(32)35)26-30-27(36-31-26)18-14-25(34)33(16-18)20-7-5-6-19(29)15-20/h3-11,13,15,18H,2,12,14,16H2,1H3/t18-/m0/s1. The van der Waals surface area contributed by atoms with Gasteiger partial charge < -0.3 is 14.3 Å². The van der Waals surface area contributed by atoms with Gasteiger partial charge in [-0.15, -0.1) is 0 Å². The van der Waals surface area contributed by atoms with Crippen molar-refractivity contribution >= 4 is 46.6 Å². The Kier molecular flexibility index (Phi) is 6.22. The molecule has 0 unspecified atom stereocenters. The summed E-state index contributed by atoms with van der Waals surface area (Å²) in [4.78, 5) is 36.1. The fourth-order valence-electron chi connectivity index (χ4n) is 4.79. The molecule has 1 fully saturated rings. The molecule has 186 valence electrons. The summed E-state index contributed by atoms with van der Waals surface area (Å²) >= 11 is 7.68. The number of hydrogen-bond acceptors (Lipinski definition) is 6. The van der Waals surface area contributed by atoms with Crippen LogP contribution in [0.15, 0.2) is 81.0 Å². The minimum Gasteiger partial charge on any atom is -0.339 e. The van der Waals surface area contributed by atoms with Crippen molar-refractivity contribution in [3.8, 4) is 11.4 Å². The summed E-state index contributed by atoms with van der Waals surface area (Å²) in [5.41, 5.74) is 3.13. The number of carbonyl (C=O) groups is 2. The molecular weight excluding hydrogens is 508 g/mol. The molecule has 2 aliphatic heterocycles. The average Bonchev–Trinajstić information content (AvgIpc) is 3.52. The minimum absolute atomic E-state index is 0.00667. The van der Waals surface area contributed by atoms with Gasteiger partial charge in [0, 0.05) is 45.6 Å². The van der Waals surface area contributed by atoms with Gasteiger partial charge >= 0.3 is 0 Å².